The first-order valence-corrected chi connectivity index (χ1v) is 17.0. The number of hydrogen-bond donors (Lipinski definition) is 2. The Morgan fingerprint density at radius 3 is 2.26 bits per heavy atom. The quantitative estimate of drug-likeness (QED) is 0.338. The van der Waals surface area contributed by atoms with E-state index < -0.39 is 26.2 Å². The molecule has 3 rings (SSSR count). The third-order valence-electron chi connectivity index (χ3n) is 7.12. The maximum atomic E-state index is 13.4. The van der Waals surface area contributed by atoms with E-state index in [4.69, 9.17) is 4.43 Å². The van der Waals surface area contributed by atoms with Gasteiger partial charge < -0.3 is 16.3 Å². The number of nitrogens with zero attached hydrogens (tertiary/aromatic N) is 1. The van der Waals surface area contributed by atoms with E-state index in [9.17, 15) is 14.7 Å². The van der Waals surface area contributed by atoms with Gasteiger partial charge in [-0.05, 0) is 83.1 Å². The molecule has 2 N–H and O–H groups in total. The van der Waals surface area contributed by atoms with E-state index in [0.717, 1.165) is 22.3 Å². The summed E-state index contributed by atoms with van der Waals surface area (Å²) in [6, 6.07) is 18.3. The predicted molar refractivity (Wildman–Crippen MR) is 159 cm³/mol. The summed E-state index contributed by atoms with van der Waals surface area (Å²) in [5.74, 6) is -0.805. The van der Waals surface area contributed by atoms with Gasteiger partial charge in [0.25, 0.3) is 5.91 Å². The third kappa shape index (κ3) is 8.77. The van der Waals surface area contributed by atoms with E-state index in [0.29, 0.717) is 17.7 Å². The average Bonchev–Trinajstić information content (AvgIpc) is 2.89. The van der Waals surface area contributed by atoms with Crippen molar-refractivity contribution >= 4 is 32.0 Å². The Balaban J connectivity index is 0.00000400. The second kappa shape index (κ2) is 14.6. The van der Waals surface area contributed by atoms with Gasteiger partial charge in [-0.1, -0.05) is 57.2 Å². The van der Waals surface area contributed by atoms with E-state index in [1.54, 1.807) is 30.2 Å². The molecule has 2 unspecified atom stereocenters. The Labute approximate surface area is 261 Å². The number of benzene rings is 2. The van der Waals surface area contributed by atoms with Crippen molar-refractivity contribution in [3.8, 4) is 11.1 Å². The molecule has 0 saturated heterocycles. The largest absolute Gasteiger partial charge is 1.00 e. The number of carbonyl (C=O) groups excluding carboxylic acids is 1. The molecule has 0 bridgehead atoms. The average molecular weight is 575 g/mol. The van der Waals surface area contributed by atoms with Crippen LogP contribution < -0.4 is 34.9 Å². The first-order chi connectivity index (χ1) is 17.9. The molecule has 1 aromatic heterocycles. The summed E-state index contributed by atoms with van der Waals surface area (Å²) in [4.78, 5) is 29.4. The smallest absolute Gasteiger partial charge is 1.00 e. The topological polar surface area (TPSA) is 88.5 Å². The van der Waals surface area contributed by atoms with Crippen LogP contribution in [0.3, 0.4) is 0 Å². The molecule has 0 radical (unpaired) electrons. The monoisotopic (exact) mass is 574 g/mol. The summed E-state index contributed by atoms with van der Waals surface area (Å²) in [5, 5.41) is 12.4. The van der Waals surface area contributed by atoms with Crippen molar-refractivity contribution in [1.82, 2.24) is 10.3 Å². The molecule has 1 heterocycles. The molecular weight excluding hydrogens is 535 g/mol. The predicted octanol–water partition coefficient (Wildman–Crippen LogP) is 3.91. The van der Waals surface area contributed by atoms with Crippen LogP contribution in [-0.4, -0.2) is 48.3 Å². The number of aliphatic carboxylic acids is 1. The van der Waals surface area contributed by atoms with Crippen molar-refractivity contribution in [3.05, 3.63) is 89.7 Å². The number of carboxylic acid groups (broad SMARTS) is 1. The zero-order valence-corrected chi connectivity index (χ0v) is 27.8. The van der Waals surface area contributed by atoms with Gasteiger partial charge in [-0.25, -0.2) is 4.79 Å². The number of aromatic nitrogens is 1. The fourth-order valence-electron chi connectivity index (χ4n) is 3.85. The van der Waals surface area contributed by atoms with Crippen LogP contribution in [0.1, 0.15) is 56.2 Å². The number of pyridine rings is 1. The first kappa shape index (κ1) is 33.3. The van der Waals surface area contributed by atoms with Crippen LogP contribution in [0.2, 0.25) is 18.1 Å². The van der Waals surface area contributed by atoms with Gasteiger partial charge in [-0.2, -0.15) is 11.8 Å². The summed E-state index contributed by atoms with van der Waals surface area (Å²) >= 11 is 1.55. The van der Waals surface area contributed by atoms with Gasteiger partial charge in [-0.15, -0.1) is 0 Å². The van der Waals surface area contributed by atoms with E-state index in [1.807, 2.05) is 60.9 Å². The second-order valence-electron chi connectivity index (χ2n) is 10.9. The minimum atomic E-state index is -2.18. The summed E-state index contributed by atoms with van der Waals surface area (Å²) < 4.78 is 6.94. The molecule has 6 nitrogen and oxygen atoms in total. The van der Waals surface area contributed by atoms with E-state index in [1.165, 1.54) is 0 Å². The van der Waals surface area contributed by atoms with Crippen LogP contribution in [0.4, 0.5) is 0 Å². The Morgan fingerprint density at radius 1 is 1.05 bits per heavy atom. The molecule has 2 aromatic carbocycles. The second-order valence-corrected chi connectivity index (χ2v) is 16.6. The van der Waals surface area contributed by atoms with Crippen molar-refractivity contribution in [1.29, 1.82) is 0 Å². The number of hydrogen-bond acceptors (Lipinski definition) is 5. The van der Waals surface area contributed by atoms with Crippen LogP contribution in [0, 0.1) is 0 Å². The van der Waals surface area contributed by atoms with Crippen LogP contribution in [0.25, 0.3) is 11.1 Å². The minimum Gasteiger partial charge on any atom is -1.00 e. The van der Waals surface area contributed by atoms with Crippen LogP contribution in [-0.2, 0) is 9.22 Å². The normalized spacial score (nSPS) is 13.2. The van der Waals surface area contributed by atoms with Crippen molar-refractivity contribution in [2.24, 2.45) is 0 Å². The molecule has 1 amide bonds. The molecule has 0 saturated carbocycles. The molecule has 0 spiro atoms. The fourth-order valence-corrected chi connectivity index (χ4v) is 5.53. The van der Waals surface area contributed by atoms with Gasteiger partial charge in [-0.3, -0.25) is 9.78 Å². The summed E-state index contributed by atoms with van der Waals surface area (Å²) in [6.45, 7) is 11.1. The zero-order valence-electron chi connectivity index (χ0n) is 25.0. The molecule has 0 fully saturated rings. The standard InChI is InChI=1S/C30H38N2O4SSi.Na.H/c1-30(2,3)38(5,6)36-27(22-14-17-31-18-15-22)23-12-13-24(25(20-23)21-10-8-7-9-11-21)28(33)32-26(29(34)35)16-19-37-4;;/h7-15,17-18,20,26-27H,16,19H2,1-6H3,(H,32,33)(H,34,35);;/q;+1;-1. The van der Waals surface area contributed by atoms with Crippen LogP contribution in [0.15, 0.2) is 73.1 Å². The Bertz CT molecular complexity index is 1240. The minimum absolute atomic E-state index is 0. The van der Waals surface area contributed by atoms with Gasteiger partial charge in [0.1, 0.15) is 6.04 Å². The summed E-state index contributed by atoms with van der Waals surface area (Å²) in [6.07, 6.45) is 5.45. The Morgan fingerprint density at radius 2 is 1.69 bits per heavy atom. The number of carboxylic acids is 1. The number of nitrogens with one attached hydrogen (secondary N) is 1. The van der Waals surface area contributed by atoms with Gasteiger partial charge in [0, 0.05) is 18.0 Å². The van der Waals surface area contributed by atoms with E-state index in [-0.39, 0.29) is 42.1 Å². The van der Waals surface area contributed by atoms with Gasteiger partial charge in [0.05, 0.1) is 6.10 Å². The number of thioether (sulfide) groups is 1. The van der Waals surface area contributed by atoms with Gasteiger partial charge in [0.2, 0.25) is 0 Å². The molecule has 39 heavy (non-hydrogen) atoms. The summed E-state index contributed by atoms with van der Waals surface area (Å²) in [7, 11) is -2.18. The Hall–Kier alpha value is -1.94. The van der Waals surface area contributed by atoms with Gasteiger partial charge in [0.15, 0.2) is 8.32 Å². The van der Waals surface area contributed by atoms with Crippen LogP contribution in [0.5, 0.6) is 0 Å². The van der Waals surface area contributed by atoms with Crippen LogP contribution >= 0.6 is 11.8 Å². The molecule has 9 heteroatoms. The van der Waals surface area contributed by atoms with E-state index in [2.05, 4.69) is 44.2 Å². The van der Waals surface area contributed by atoms with Crippen molar-refractivity contribution in [2.75, 3.05) is 12.0 Å². The molecule has 0 aliphatic heterocycles. The number of rotatable bonds is 11. The van der Waals surface area contributed by atoms with Gasteiger partial charge >= 0.3 is 35.5 Å². The number of carbonyl (C=O) groups is 2. The molecule has 0 aliphatic rings. The zero-order chi connectivity index (χ0) is 27.9. The SMILES string of the molecule is CSCCC(NC(=O)c1ccc(C(O[Si](C)(C)C(C)(C)C)c2ccncc2)cc1-c1ccccc1)C(=O)O.[H-].[Na+]. The first-order valence-electron chi connectivity index (χ1n) is 12.7. The third-order valence-corrected chi connectivity index (χ3v) is 12.2. The fraction of sp³-hybridized carbons (Fsp3) is 0.367. The maximum absolute atomic E-state index is 13.4. The molecular formula is C30H39N2NaO4SSi. The molecule has 0 aliphatic carbocycles. The number of amides is 1. The summed E-state index contributed by atoms with van der Waals surface area (Å²) in [5.41, 5.74) is 3.94. The van der Waals surface area contributed by atoms with Crippen molar-refractivity contribution in [2.45, 2.75) is 57.5 Å². The molecule has 3 aromatic rings. The van der Waals surface area contributed by atoms with E-state index >= 15 is 0 Å². The van der Waals surface area contributed by atoms with Crippen molar-refractivity contribution < 1.29 is 50.1 Å². The molecule has 2 atom stereocenters. The van der Waals surface area contributed by atoms with Crippen molar-refractivity contribution in [3.63, 3.8) is 0 Å². The molecule has 204 valence electrons. The Kier molecular flexibility index (Phi) is 12.5. The maximum Gasteiger partial charge on any atom is 1.00 e.